The standard InChI is InChI=1S/C19H18N2O2S2/c1-3-9-23-16-6-4-14(5-7-16)11-21(2)19(22)17-13-25-18(20-17)15-8-10-24-12-15/h3-8,10,12-13H,1,9,11H2,2H3. The number of thiazole rings is 1. The molecule has 2 heterocycles. The van der Waals surface area contributed by atoms with Gasteiger partial charge >= 0.3 is 0 Å². The van der Waals surface area contributed by atoms with Crippen LogP contribution in [0.25, 0.3) is 10.6 Å². The highest BCUT2D eigenvalue weighted by molar-refractivity contribution is 7.14. The second kappa shape index (κ2) is 8.09. The molecule has 2 aromatic heterocycles. The molecule has 0 saturated carbocycles. The van der Waals surface area contributed by atoms with Crippen molar-refractivity contribution in [1.82, 2.24) is 9.88 Å². The summed E-state index contributed by atoms with van der Waals surface area (Å²) in [5.74, 6) is 0.710. The smallest absolute Gasteiger partial charge is 0.273 e. The first kappa shape index (κ1) is 17.4. The summed E-state index contributed by atoms with van der Waals surface area (Å²) >= 11 is 3.11. The first-order valence-electron chi connectivity index (χ1n) is 7.73. The molecule has 0 aliphatic rings. The zero-order chi connectivity index (χ0) is 17.6. The summed E-state index contributed by atoms with van der Waals surface area (Å²) in [6.45, 7) is 4.63. The van der Waals surface area contributed by atoms with Gasteiger partial charge in [-0.15, -0.1) is 11.3 Å². The summed E-state index contributed by atoms with van der Waals surface area (Å²) < 4.78 is 5.46. The van der Waals surface area contributed by atoms with Crippen molar-refractivity contribution in [2.24, 2.45) is 0 Å². The van der Waals surface area contributed by atoms with Crippen molar-refractivity contribution in [3.8, 4) is 16.3 Å². The zero-order valence-corrected chi connectivity index (χ0v) is 15.5. The van der Waals surface area contributed by atoms with Crippen LogP contribution in [0.15, 0.2) is 59.1 Å². The molecular formula is C19H18N2O2S2. The van der Waals surface area contributed by atoms with Crippen molar-refractivity contribution in [2.75, 3.05) is 13.7 Å². The predicted octanol–water partition coefficient (Wildman–Crippen LogP) is 4.71. The minimum absolute atomic E-state index is 0.0790. The molecule has 0 aliphatic carbocycles. The molecule has 0 saturated heterocycles. The summed E-state index contributed by atoms with van der Waals surface area (Å²) in [6.07, 6.45) is 1.71. The van der Waals surface area contributed by atoms with Crippen LogP contribution in [0.4, 0.5) is 0 Å². The van der Waals surface area contributed by atoms with Crippen LogP contribution < -0.4 is 4.74 Å². The van der Waals surface area contributed by atoms with E-state index >= 15 is 0 Å². The van der Waals surface area contributed by atoms with E-state index in [1.54, 1.807) is 29.4 Å². The number of carbonyl (C=O) groups is 1. The third-order valence-corrected chi connectivity index (χ3v) is 5.12. The van der Waals surface area contributed by atoms with E-state index < -0.39 is 0 Å². The lowest BCUT2D eigenvalue weighted by atomic mass is 10.2. The monoisotopic (exact) mass is 370 g/mol. The molecule has 1 aromatic carbocycles. The Morgan fingerprint density at radius 2 is 2.08 bits per heavy atom. The highest BCUT2D eigenvalue weighted by Gasteiger charge is 2.16. The molecule has 0 aliphatic heterocycles. The Bertz CT molecular complexity index is 839. The number of hydrogen-bond acceptors (Lipinski definition) is 5. The fraction of sp³-hybridized carbons (Fsp3) is 0.158. The number of rotatable bonds is 7. The first-order chi connectivity index (χ1) is 12.2. The van der Waals surface area contributed by atoms with Gasteiger partial charge in [0.25, 0.3) is 5.91 Å². The predicted molar refractivity (Wildman–Crippen MR) is 103 cm³/mol. The van der Waals surface area contributed by atoms with Crippen LogP contribution in [0.3, 0.4) is 0 Å². The van der Waals surface area contributed by atoms with Crippen molar-refractivity contribution in [3.63, 3.8) is 0 Å². The van der Waals surface area contributed by atoms with Gasteiger partial charge in [-0.25, -0.2) is 4.98 Å². The van der Waals surface area contributed by atoms with Gasteiger partial charge in [-0.05, 0) is 29.1 Å². The molecule has 0 unspecified atom stereocenters. The Kier molecular flexibility index (Phi) is 5.63. The second-order valence-corrected chi connectivity index (χ2v) is 7.09. The van der Waals surface area contributed by atoms with Crippen molar-refractivity contribution in [1.29, 1.82) is 0 Å². The zero-order valence-electron chi connectivity index (χ0n) is 13.8. The number of aromatic nitrogens is 1. The number of carbonyl (C=O) groups excluding carboxylic acids is 1. The molecule has 0 atom stereocenters. The summed E-state index contributed by atoms with van der Waals surface area (Å²) in [6, 6.07) is 9.72. The maximum absolute atomic E-state index is 12.6. The highest BCUT2D eigenvalue weighted by atomic mass is 32.1. The van der Waals surface area contributed by atoms with Crippen LogP contribution in [0.1, 0.15) is 16.1 Å². The minimum Gasteiger partial charge on any atom is -0.490 e. The van der Waals surface area contributed by atoms with E-state index in [4.69, 9.17) is 4.74 Å². The molecule has 0 radical (unpaired) electrons. The SMILES string of the molecule is C=CCOc1ccc(CN(C)C(=O)c2csc(-c3ccsc3)n2)cc1. The van der Waals surface area contributed by atoms with E-state index in [1.165, 1.54) is 11.3 Å². The van der Waals surface area contributed by atoms with Crippen molar-refractivity contribution in [3.05, 3.63) is 70.4 Å². The average molecular weight is 370 g/mol. The van der Waals surface area contributed by atoms with Crippen LogP contribution in [-0.2, 0) is 6.54 Å². The van der Waals surface area contributed by atoms with Gasteiger partial charge in [0, 0.05) is 29.9 Å². The maximum Gasteiger partial charge on any atom is 0.273 e. The van der Waals surface area contributed by atoms with Gasteiger partial charge in [0.2, 0.25) is 0 Å². The number of ether oxygens (including phenoxy) is 1. The molecule has 0 fully saturated rings. The van der Waals surface area contributed by atoms with Crippen LogP contribution in [0, 0.1) is 0 Å². The maximum atomic E-state index is 12.6. The van der Waals surface area contributed by atoms with E-state index in [2.05, 4.69) is 11.6 Å². The van der Waals surface area contributed by atoms with Gasteiger partial charge in [-0.1, -0.05) is 24.8 Å². The van der Waals surface area contributed by atoms with Crippen LogP contribution in [-0.4, -0.2) is 29.4 Å². The number of thiophene rings is 1. The number of benzene rings is 1. The lowest BCUT2D eigenvalue weighted by molar-refractivity contribution is 0.0780. The van der Waals surface area contributed by atoms with Crippen LogP contribution in [0.2, 0.25) is 0 Å². The van der Waals surface area contributed by atoms with Gasteiger partial charge in [0.15, 0.2) is 0 Å². The normalized spacial score (nSPS) is 10.4. The van der Waals surface area contributed by atoms with E-state index in [1.807, 2.05) is 46.5 Å². The highest BCUT2D eigenvalue weighted by Crippen LogP contribution is 2.26. The fourth-order valence-electron chi connectivity index (χ4n) is 2.28. The molecule has 0 N–H and O–H groups in total. The summed E-state index contributed by atoms with van der Waals surface area (Å²) in [5.41, 5.74) is 2.58. The summed E-state index contributed by atoms with van der Waals surface area (Å²) in [7, 11) is 1.79. The van der Waals surface area contributed by atoms with E-state index in [0.717, 1.165) is 21.9 Å². The molecule has 6 heteroatoms. The van der Waals surface area contributed by atoms with E-state index in [9.17, 15) is 4.79 Å². The lowest BCUT2D eigenvalue weighted by Crippen LogP contribution is -2.26. The number of hydrogen-bond donors (Lipinski definition) is 0. The molecule has 0 bridgehead atoms. The van der Waals surface area contributed by atoms with Gasteiger partial charge < -0.3 is 9.64 Å². The van der Waals surface area contributed by atoms with Gasteiger partial charge in [-0.2, -0.15) is 11.3 Å². The quantitative estimate of drug-likeness (QED) is 0.566. The Balaban J connectivity index is 1.63. The molecule has 25 heavy (non-hydrogen) atoms. The average Bonchev–Trinajstić information content (AvgIpc) is 3.31. The lowest BCUT2D eigenvalue weighted by Gasteiger charge is -2.16. The van der Waals surface area contributed by atoms with Crippen molar-refractivity contribution in [2.45, 2.75) is 6.54 Å². The molecule has 128 valence electrons. The molecule has 0 spiro atoms. The third-order valence-electron chi connectivity index (χ3n) is 3.55. The van der Waals surface area contributed by atoms with E-state index in [-0.39, 0.29) is 5.91 Å². The topological polar surface area (TPSA) is 42.4 Å². The van der Waals surface area contributed by atoms with Gasteiger partial charge in [-0.3, -0.25) is 4.79 Å². The Morgan fingerprint density at radius 3 is 2.76 bits per heavy atom. The van der Waals surface area contributed by atoms with Crippen molar-refractivity contribution >= 4 is 28.6 Å². The van der Waals surface area contributed by atoms with Crippen molar-refractivity contribution < 1.29 is 9.53 Å². The number of nitrogens with zero attached hydrogens (tertiary/aromatic N) is 2. The fourth-order valence-corrected chi connectivity index (χ4v) is 3.78. The third kappa shape index (κ3) is 4.35. The molecule has 3 aromatic rings. The van der Waals surface area contributed by atoms with Gasteiger partial charge in [0.1, 0.15) is 23.1 Å². The Hall–Kier alpha value is -2.44. The van der Waals surface area contributed by atoms with Crippen LogP contribution >= 0.6 is 22.7 Å². The van der Waals surface area contributed by atoms with Crippen LogP contribution in [0.5, 0.6) is 5.75 Å². The minimum atomic E-state index is -0.0790. The Morgan fingerprint density at radius 1 is 1.28 bits per heavy atom. The molecule has 4 nitrogen and oxygen atoms in total. The molecular weight excluding hydrogens is 352 g/mol. The largest absolute Gasteiger partial charge is 0.490 e. The molecule has 1 amide bonds. The summed E-state index contributed by atoms with van der Waals surface area (Å²) in [5, 5.41) is 6.74. The van der Waals surface area contributed by atoms with Gasteiger partial charge in [0.05, 0.1) is 0 Å². The second-order valence-electron chi connectivity index (χ2n) is 5.45. The van der Waals surface area contributed by atoms with E-state index in [0.29, 0.717) is 18.8 Å². The first-order valence-corrected chi connectivity index (χ1v) is 9.56. The molecule has 3 rings (SSSR count). The number of amides is 1. The summed E-state index contributed by atoms with van der Waals surface area (Å²) in [4.78, 5) is 18.7. The Labute approximate surface area is 155 Å².